The molecule has 2 aliphatic heterocycles. The molecule has 5 nitrogen and oxygen atoms in total. The molecule has 2 fully saturated rings. The van der Waals surface area contributed by atoms with Crippen LogP contribution in [-0.4, -0.2) is 60.9 Å². The summed E-state index contributed by atoms with van der Waals surface area (Å²) in [4.78, 5) is 27.6. The van der Waals surface area contributed by atoms with Gasteiger partial charge >= 0.3 is 0 Å². The van der Waals surface area contributed by atoms with Crippen LogP contribution in [-0.2, 0) is 9.59 Å². The van der Waals surface area contributed by atoms with E-state index in [0.29, 0.717) is 11.9 Å². The third-order valence-electron chi connectivity index (χ3n) is 4.50. The second kappa shape index (κ2) is 6.37. The van der Waals surface area contributed by atoms with Crippen LogP contribution in [0.1, 0.15) is 32.6 Å². The summed E-state index contributed by atoms with van der Waals surface area (Å²) in [7, 11) is 1.99. The minimum atomic E-state index is 0.126. The fourth-order valence-electron chi connectivity index (χ4n) is 3.09. The summed E-state index contributed by atoms with van der Waals surface area (Å²) >= 11 is 0. The van der Waals surface area contributed by atoms with Crippen LogP contribution in [0.5, 0.6) is 0 Å². The monoisotopic (exact) mass is 267 g/mol. The minimum absolute atomic E-state index is 0.126. The molecule has 5 heteroatoms. The van der Waals surface area contributed by atoms with E-state index in [9.17, 15) is 9.59 Å². The topological polar surface area (TPSA) is 52.7 Å². The van der Waals surface area contributed by atoms with E-state index >= 15 is 0 Å². The quantitative estimate of drug-likeness (QED) is 0.790. The number of carbonyl (C=O) groups excluding carboxylic acids is 2. The van der Waals surface area contributed by atoms with E-state index in [-0.39, 0.29) is 11.8 Å². The van der Waals surface area contributed by atoms with Gasteiger partial charge in [-0.2, -0.15) is 0 Å². The van der Waals surface area contributed by atoms with E-state index in [1.165, 1.54) is 0 Å². The molecule has 2 heterocycles. The molecule has 2 saturated heterocycles. The zero-order chi connectivity index (χ0) is 13.8. The first-order valence-electron chi connectivity index (χ1n) is 7.33. The van der Waals surface area contributed by atoms with E-state index < -0.39 is 0 Å². The predicted molar refractivity (Wildman–Crippen MR) is 73.6 cm³/mol. The SMILES string of the molecule is CNC1CCN(C(=O)C2CCN(C(C)=O)CC2)CC1. The van der Waals surface area contributed by atoms with Gasteiger partial charge in [0.1, 0.15) is 0 Å². The van der Waals surface area contributed by atoms with Crippen LogP contribution in [0.2, 0.25) is 0 Å². The van der Waals surface area contributed by atoms with Gasteiger partial charge in [0.2, 0.25) is 11.8 Å². The molecule has 0 aromatic carbocycles. The van der Waals surface area contributed by atoms with Crippen molar-refractivity contribution < 1.29 is 9.59 Å². The van der Waals surface area contributed by atoms with Crippen LogP contribution >= 0.6 is 0 Å². The first-order valence-corrected chi connectivity index (χ1v) is 7.33. The lowest BCUT2D eigenvalue weighted by atomic mass is 9.94. The lowest BCUT2D eigenvalue weighted by molar-refractivity contribution is -0.141. The molecule has 0 aromatic rings. The molecule has 0 radical (unpaired) electrons. The Morgan fingerprint density at radius 3 is 1.95 bits per heavy atom. The summed E-state index contributed by atoms with van der Waals surface area (Å²) in [6.45, 7) is 4.82. The van der Waals surface area contributed by atoms with Crippen molar-refractivity contribution in [1.82, 2.24) is 15.1 Å². The summed E-state index contributed by atoms with van der Waals surface area (Å²) in [6.07, 6.45) is 3.75. The van der Waals surface area contributed by atoms with Gasteiger partial charge in [0, 0.05) is 45.1 Å². The Morgan fingerprint density at radius 2 is 1.47 bits per heavy atom. The van der Waals surface area contributed by atoms with Crippen LogP contribution in [0.3, 0.4) is 0 Å². The van der Waals surface area contributed by atoms with Gasteiger partial charge in [0.25, 0.3) is 0 Å². The standard InChI is InChI=1S/C14H25N3O2/c1-11(18)16-7-3-12(4-8-16)14(19)17-9-5-13(15-2)6-10-17/h12-13,15H,3-10H2,1-2H3. The van der Waals surface area contributed by atoms with Gasteiger partial charge in [-0.05, 0) is 32.7 Å². The van der Waals surface area contributed by atoms with Crippen molar-refractivity contribution in [2.75, 3.05) is 33.2 Å². The highest BCUT2D eigenvalue weighted by Crippen LogP contribution is 2.22. The molecule has 19 heavy (non-hydrogen) atoms. The summed E-state index contributed by atoms with van der Waals surface area (Å²) in [6, 6.07) is 0.559. The molecule has 2 amide bonds. The van der Waals surface area contributed by atoms with Gasteiger partial charge in [-0.15, -0.1) is 0 Å². The fraction of sp³-hybridized carbons (Fsp3) is 0.857. The molecule has 0 aliphatic carbocycles. The van der Waals surface area contributed by atoms with Gasteiger partial charge in [-0.3, -0.25) is 9.59 Å². The first-order chi connectivity index (χ1) is 9.11. The third-order valence-corrected chi connectivity index (χ3v) is 4.50. The van der Waals surface area contributed by atoms with Gasteiger partial charge < -0.3 is 15.1 Å². The molecule has 0 bridgehead atoms. The van der Waals surface area contributed by atoms with Crippen LogP contribution in [0.25, 0.3) is 0 Å². The normalized spacial score (nSPS) is 22.6. The Bertz CT molecular complexity index is 330. The second-order valence-corrected chi connectivity index (χ2v) is 5.67. The molecule has 108 valence electrons. The lowest BCUT2D eigenvalue weighted by Gasteiger charge is -2.37. The molecular weight excluding hydrogens is 242 g/mol. The van der Waals surface area contributed by atoms with E-state index in [1.807, 2.05) is 16.8 Å². The highest BCUT2D eigenvalue weighted by atomic mass is 16.2. The number of hydrogen-bond acceptors (Lipinski definition) is 3. The molecule has 0 aromatic heterocycles. The van der Waals surface area contributed by atoms with Crippen molar-refractivity contribution in [2.45, 2.75) is 38.6 Å². The lowest BCUT2D eigenvalue weighted by Crippen LogP contribution is -2.48. The summed E-state index contributed by atoms with van der Waals surface area (Å²) in [5.74, 6) is 0.556. The van der Waals surface area contributed by atoms with Gasteiger partial charge in [0.15, 0.2) is 0 Å². The largest absolute Gasteiger partial charge is 0.343 e. The average Bonchev–Trinajstić information content (AvgIpc) is 2.46. The van der Waals surface area contributed by atoms with Gasteiger partial charge in [-0.25, -0.2) is 0 Å². The number of nitrogens with zero attached hydrogens (tertiary/aromatic N) is 2. The Morgan fingerprint density at radius 1 is 0.947 bits per heavy atom. The highest BCUT2D eigenvalue weighted by molar-refractivity contribution is 5.79. The molecule has 0 unspecified atom stereocenters. The summed E-state index contributed by atoms with van der Waals surface area (Å²) in [5.41, 5.74) is 0. The number of nitrogens with one attached hydrogen (secondary N) is 1. The van der Waals surface area contributed by atoms with Crippen molar-refractivity contribution in [2.24, 2.45) is 5.92 Å². The van der Waals surface area contributed by atoms with Gasteiger partial charge in [-0.1, -0.05) is 0 Å². The zero-order valence-electron chi connectivity index (χ0n) is 12.0. The first kappa shape index (κ1) is 14.3. The average molecular weight is 267 g/mol. The highest BCUT2D eigenvalue weighted by Gasteiger charge is 2.30. The van der Waals surface area contributed by atoms with Crippen molar-refractivity contribution >= 4 is 11.8 Å². The molecule has 0 atom stereocenters. The molecule has 2 aliphatic rings. The zero-order valence-corrected chi connectivity index (χ0v) is 12.0. The summed E-state index contributed by atoms with van der Waals surface area (Å²) in [5, 5.41) is 3.28. The van der Waals surface area contributed by atoms with E-state index in [4.69, 9.17) is 0 Å². The van der Waals surface area contributed by atoms with Crippen molar-refractivity contribution in [1.29, 1.82) is 0 Å². The van der Waals surface area contributed by atoms with Crippen LogP contribution < -0.4 is 5.32 Å². The van der Waals surface area contributed by atoms with E-state index in [2.05, 4.69) is 5.32 Å². The van der Waals surface area contributed by atoms with E-state index in [1.54, 1.807) is 6.92 Å². The Labute approximate surface area is 115 Å². The molecule has 0 saturated carbocycles. The number of hydrogen-bond donors (Lipinski definition) is 1. The number of likely N-dealkylation sites (tertiary alicyclic amines) is 2. The van der Waals surface area contributed by atoms with Crippen LogP contribution in [0.4, 0.5) is 0 Å². The van der Waals surface area contributed by atoms with Gasteiger partial charge in [0.05, 0.1) is 0 Å². The predicted octanol–water partition coefficient (Wildman–Crippen LogP) is 0.455. The Balaban J connectivity index is 1.80. The number of amides is 2. The van der Waals surface area contributed by atoms with Crippen molar-refractivity contribution in [3.8, 4) is 0 Å². The van der Waals surface area contributed by atoms with Crippen LogP contribution in [0, 0.1) is 5.92 Å². The summed E-state index contributed by atoms with van der Waals surface area (Å²) < 4.78 is 0. The maximum atomic E-state index is 12.4. The fourth-order valence-corrected chi connectivity index (χ4v) is 3.09. The van der Waals surface area contributed by atoms with Crippen molar-refractivity contribution in [3.63, 3.8) is 0 Å². The Hall–Kier alpha value is -1.10. The third kappa shape index (κ3) is 3.47. The second-order valence-electron chi connectivity index (χ2n) is 5.67. The molecule has 1 N–H and O–H groups in total. The van der Waals surface area contributed by atoms with Crippen molar-refractivity contribution in [3.05, 3.63) is 0 Å². The number of piperidine rings is 2. The number of rotatable bonds is 2. The van der Waals surface area contributed by atoms with Crippen LogP contribution in [0.15, 0.2) is 0 Å². The minimum Gasteiger partial charge on any atom is -0.343 e. The van der Waals surface area contributed by atoms with E-state index in [0.717, 1.165) is 51.9 Å². The molecule has 0 spiro atoms. The maximum Gasteiger partial charge on any atom is 0.225 e. The molecule has 2 rings (SSSR count). The smallest absolute Gasteiger partial charge is 0.225 e. The Kier molecular flexibility index (Phi) is 4.80. The number of carbonyl (C=O) groups is 2. The molecular formula is C14H25N3O2. The maximum absolute atomic E-state index is 12.4.